The van der Waals surface area contributed by atoms with Gasteiger partial charge in [0.2, 0.25) is 0 Å². The summed E-state index contributed by atoms with van der Waals surface area (Å²) in [6.45, 7) is 2.31. The van der Waals surface area contributed by atoms with Gasteiger partial charge < -0.3 is 9.84 Å². The predicted molar refractivity (Wildman–Crippen MR) is 77.7 cm³/mol. The molecule has 0 aliphatic heterocycles. The van der Waals surface area contributed by atoms with Crippen molar-refractivity contribution in [2.45, 2.75) is 19.4 Å². The quantitative estimate of drug-likeness (QED) is 0.891. The molecule has 0 saturated carbocycles. The lowest BCUT2D eigenvalue weighted by Crippen LogP contribution is -2.06. The molecule has 0 bridgehead atoms. The summed E-state index contributed by atoms with van der Waals surface area (Å²) in [4.78, 5) is 0. The van der Waals surface area contributed by atoms with E-state index in [0.717, 1.165) is 11.3 Å². The van der Waals surface area contributed by atoms with Gasteiger partial charge in [-0.3, -0.25) is 0 Å². The van der Waals surface area contributed by atoms with Crippen LogP contribution in [0.25, 0.3) is 0 Å². The van der Waals surface area contributed by atoms with Gasteiger partial charge in [0.1, 0.15) is 11.6 Å². The van der Waals surface area contributed by atoms with Crippen molar-refractivity contribution in [3.05, 3.63) is 64.4 Å². The van der Waals surface area contributed by atoms with Crippen molar-refractivity contribution in [3.8, 4) is 5.75 Å². The average molecular weight is 295 g/mol. The molecule has 20 heavy (non-hydrogen) atoms. The van der Waals surface area contributed by atoms with Crippen LogP contribution in [0, 0.1) is 12.7 Å². The second-order valence-electron chi connectivity index (χ2n) is 4.64. The van der Waals surface area contributed by atoms with Crippen molar-refractivity contribution >= 4 is 11.6 Å². The van der Waals surface area contributed by atoms with E-state index >= 15 is 0 Å². The van der Waals surface area contributed by atoms with Gasteiger partial charge in [-0.15, -0.1) is 0 Å². The minimum atomic E-state index is -0.844. The Morgan fingerprint density at radius 2 is 2.05 bits per heavy atom. The zero-order chi connectivity index (χ0) is 14.5. The molecule has 106 valence electrons. The SMILES string of the molecule is Cc1cccc(OCCC(O)c2cc(F)ccc2Cl)c1. The van der Waals surface area contributed by atoms with E-state index < -0.39 is 11.9 Å². The standard InChI is InChI=1S/C16H16ClFO2/c1-11-3-2-4-13(9-11)20-8-7-16(19)14-10-12(18)5-6-15(14)17/h2-6,9-10,16,19H,7-8H2,1H3. The molecule has 0 heterocycles. The number of aryl methyl sites for hydroxylation is 1. The molecule has 1 atom stereocenters. The van der Waals surface area contributed by atoms with Crippen molar-refractivity contribution in [2.24, 2.45) is 0 Å². The van der Waals surface area contributed by atoms with Crippen LogP contribution in [0.1, 0.15) is 23.7 Å². The number of rotatable bonds is 5. The predicted octanol–water partition coefficient (Wildman–Crippen LogP) is 4.29. The molecular formula is C16H16ClFO2. The van der Waals surface area contributed by atoms with Crippen LogP contribution < -0.4 is 4.74 Å². The number of benzene rings is 2. The van der Waals surface area contributed by atoms with Gasteiger partial charge in [-0.1, -0.05) is 23.7 Å². The molecule has 2 aromatic rings. The highest BCUT2D eigenvalue weighted by Gasteiger charge is 2.12. The Bertz CT molecular complexity index is 586. The van der Waals surface area contributed by atoms with E-state index in [0.29, 0.717) is 23.6 Å². The fourth-order valence-electron chi connectivity index (χ4n) is 1.92. The van der Waals surface area contributed by atoms with Crippen molar-refractivity contribution < 1.29 is 14.2 Å². The minimum Gasteiger partial charge on any atom is -0.493 e. The van der Waals surface area contributed by atoms with Crippen molar-refractivity contribution in [3.63, 3.8) is 0 Å². The molecule has 0 radical (unpaired) electrons. The molecule has 2 aromatic carbocycles. The fraction of sp³-hybridized carbons (Fsp3) is 0.250. The van der Waals surface area contributed by atoms with Crippen LogP contribution in [0.4, 0.5) is 4.39 Å². The molecule has 0 aliphatic carbocycles. The Morgan fingerprint density at radius 1 is 1.25 bits per heavy atom. The van der Waals surface area contributed by atoms with E-state index in [4.69, 9.17) is 16.3 Å². The summed E-state index contributed by atoms with van der Waals surface area (Å²) in [7, 11) is 0. The Labute approximate surface area is 122 Å². The van der Waals surface area contributed by atoms with E-state index in [1.54, 1.807) is 0 Å². The largest absolute Gasteiger partial charge is 0.493 e. The van der Waals surface area contributed by atoms with Gasteiger partial charge in [-0.2, -0.15) is 0 Å². The first-order valence-corrected chi connectivity index (χ1v) is 6.76. The summed E-state index contributed by atoms with van der Waals surface area (Å²) in [6.07, 6.45) is -0.500. The van der Waals surface area contributed by atoms with Gasteiger partial charge in [-0.05, 0) is 42.8 Å². The normalized spacial score (nSPS) is 12.2. The molecule has 0 amide bonds. The minimum absolute atomic E-state index is 0.331. The third kappa shape index (κ3) is 3.95. The summed E-state index contributed by atoms with van der Waals surface area (Å²) < 4.78 is 18.7. The summed E-state index contributed by atoms with van der Waals surface area (Å²) in [5, 5.41) is 10.4. The summed E-state index contributed by atoms with van der Waals surface area (Å²) in [5.41, 5.74) is 1.50. The molecule has 2 nitrogen and oxygen atoms in total. The number of hydrogen-bond acceptors (Lipinski definition) is 2. The van der Waals surface area contributed by atoms with Crippen LogP contribution in [0.3, 0.4) is 0 Å². The lowest BCUT2D eigenvalue weighted by atomic mass is 10.1. The zero-order valence-corrected chi connectivity index (χ0v) is 11.9. The van der Waals surface area contributed by atoms with E-state index in [-0.39, 0.29) is 0 Å². The highest BCUT2D eigenvalue weighted by Crippen LogP contribution is 2.26. The highest BCUT2D eigenvalue weighted by molar-refractivity contribution is 6.31. The molecule has 2 rings (SSSR count). The van der Waals surface area contributed by atoms with Gasteiger partial charge in [0, 0.05) is 17.0 Å². The van der Waals surface area contributed by atoms with E-state index in [9.17, 15) is 9.50 Å². The van der Waals surface area contributed by atoms with Gasteiger partial charge in [0.25, 0.3) is 0 Å². The lowest BCUT2D eigenvalue weighted by Gasteiger charge is -2.13. The lowest BCUT2D eigenvalue weighted by molar-refractivity contribution is 0.140. The van der Waals surface area contributed by atoms with Gasteiger partial charge in [0.05, 0.1) is 12.7 Å². The monoisotopic (exact) mass is 294 g/mol. The van der Waals surface area contributed by atoms with Gasteiger partial charge in [0.15, 0.2) is 0 Å². The molecular weight excluding hydrogens is 279 g/mol. The van der Waals surface area contributed by atoms with Crippen molar-refractivity contribution in [1.29, 1.82) is 0 Å². The number of hydrogen-bond donors (Lipinski definition) is 1. The second kappa shape index (κ2) is 6.73. The molecule has 0 saturated heterocycles. The molecule has 0 aliphatic rings. The van der Waals surface area contributed by atoms with Crippen LogP contribution in [0.15, 0.2) is 42.5 Å². The number of ether oxygens (including phenoxy) is 1. The van der Waals surface area contributed by atoms with Crippen LogP contribution in [-0.4, -0.2) is 11.7 Å². The van der Waals surface area contributed by atoms with Crippen molar-refractivity contribution in [2.75, 3.05) is 6.61 Å². The Kier molecular flexibility index (Phi) is 4.99. The van der Waals surface area contributed by atoms with Crippen LogP contribution in [-0.2, 0) is 0 Å². The summed E-state index contributed by atoms with van der Waals surface area (Å²) in [6, 6.07) is 11.6. The molecule has 4 heteroatoms. The van der Waals surface area contributed by atoms with E-state index in [1.807, 2.05) is 31.2 Å². The molecule has 1 unspecified atom stereocenters. The average Bonchev–Trinajstić information content (AvgIpc) is 2.41. The third-order valence-electron chi connectivity index (χ3n) is 2.97. The first kappa shape index (κ1) is 14.8. The number of aliphatic hydroxyl groups is 1. The van der Waals surface area contributed by atoms with E-state index in [2.05, 4.69) is 0 Å². The van der Waals surface area contributed by atoms with Crippen molar-refractivity contribution in [1.82, 2.24) is 0 Å². The number of aliphatic hydroxyl groups excluding tert-OH is 1. The summed E-state index contributed by atoms with van der Waals surface area (Å²) in [5.74, 6) is 0.339. The maximum absolute atomic E-state index is 13.1. The zero-order valence-electron chi connectivity index (χ0n) is 11.1. The topological polar surface area (TPSA) is 29.5 Å². The molecule has 0 aromatic heterocycles. The highest BCUT2D eigenvalue weighted by atomic mass is 35.5. The van der Waals surface area contributed by atoms with E-state index in [1.165, 1.54) is 18.2 Å². The fourth-order valence-corrected chi connectivity index (χ4v) is 2.16. The maximum atomic E-state index is 13.1. The Morgan fingerprint density at radius 3 is 2.80 bits per heavy atom. The first-order chi connectivity index (χ1) is 9.56. The Hall–Kier alpha value is -1.58. The summed E-state index contributed by atoms with van der Waals surface area (Å²) >= 11 is 5.94. The second-order valence-corrected chi connectivity index (χ2v) is 5.04. The smallest absolute Gasteiger partial charge is 0.123 e. The van der Waals surface area contributed by atoms with Gasteiger partial charge in [-0.25, -0.2) is 4.39 Å². The molecule has 0 spiro atoms. The first-order valence-electron chi connectivity index (χ1n) is 6.39. The molecule has 0 fully saturated rings. The van der Waals surface area contributed by atoms with Crippen LogP contribution in [0.5, 0.6) is 5.75 Å². The number of halogens is 2. The maximum Gasteiger partial charge on any atom is 0.123 e. The molecule has 1 N–H and O–H groups in total. The van der Waals surface area contributed by atoms with Crippen LogP contribution in [0.2, 0.25) is 5.02 Å². The third-order valence-corrected chi connectivity index (χ3v) is 3.31. The van der Waals surface area contributed by atoms with Gasteiger partial charge >= 0.3 is 0 Å². The van der Waals surface area contributed by atoms with Crippen LogP contribution >= 0.6 is 11.6 Å². The Balaban J connectivity index is 1.92.